The molecule has 1 saturated carbocycles. The SMILES string of the molecule is Cc1ccc([C@H]2C[C@H]2C(=O)Nc2ccccc2C(=O)NCCN)s1. The summed E-state index contributed by atoms with van der Waals surface area (Å²) in [5.41, 5.74) is 6.42. The fourth-order valence-corrected chi connectivity index (χ4v) is 3.80. The second-order valence-electron chi connectivity index (χ2n) is 5.98. The Morgan fingerprint density at radius 1 is 1.25 bits per heavy atom. The molecular formula is C18H21N3O2S. The highest BCUT2D eigenvalue weighted by Crippen LogP contribution is 2.50. The predicted octanol–water partition coefficient (Wildman–Crippen LogP) is 2.49. The number of benzene rings is 1. The van der Waals surface area contributed by atoms with E-state index in [-0.39, 0.29) is 17.7 Å². The number of rotatable bonds is 6. The average molecular weight is 343 g/mol. The summed E-state index contributed by atoms with van der Waals surface area (Å²) >= 11 is 1.75. The molecule has 1 aromatic carbocycles. The molecule has 2 amide bonds. The van der Waals surface area contributed by atoms with Crippen molar-refractivity contribution in [3.05, 3.63) is 51.7 Å². The maximum atomic E-state index is 12.5. The molecular weight excluding hydrogens is 322 g/mol. The van der Waals surface area contributed by atoms with Gasteiger partial charge in [0.1, 0.15) is 0 Å². The van der Waals surface area contributed by atoms with Crippen LogP contribution in [0.5, 0.6) is 0 Å². The number of hydrogen-bond acceptors (Lipinski definition) is 4. The predicted molar refractivity (Wildman–Crippen MR) is 96.4 cm³/mol. The van der Waals surface area contributed by atoms with Gasteiger partial charge in [0.25, 0.3) is 5.91 Å². The third-order valence-corrected chi connectivity index (χ3v) is 5.25. The first-order chi connectivity index (χ1) is 11.6. The molecule has 0 aliphatic heterocycles. The van der Waals surface area contributed by atoms with Crippen molar-refractivity contribution in [3.8, 4) is 0 Å². The standard InChI is InChI=1S/C18H21N3O2S/c1-11-6-7-16(24-11)13-10-14(13)18(23)21-15-5-3-2-4-12(15)17(22)20-9-8-19/h2-7,13-14H,8-10,19H2,1H3,(H,20,22)(H,21,23)/t13-,14+/m0/s1. The highest BCUT2D eigenvalue weighted by Gasteiger charge is 2.44. The molecule has 2 atom stereocenters. The summed E-state index contributed by atoms with van der Waals surface area (Å²) in [7, 11) is 0. The zero-order valence-electron chi connectivity index (χ0n) is 13.5. The lowest BCUT2D eigenvalue weighted by Crippen LogP contribution is -2.30. The first-order valence-corrected chi connectivity index (χ1v) is 8.86. The Bertz CT molecular complexity index is 756. The molecule has 1 aliphatic rings. The topological polar surface area (TPSA) is 84.2 Å². The Hall–Kier alpha value is -2.18. The molecule has 6 heteroatoms. The van der Waals surface area contributed by atoms with Crippen LogP contribution >= 0.6 is 11.3 Å². The van der Waals surface area contributed by atoms with E-state index in [0.29, 0.717) is 30.3 Å². The van der Waals surface area contributed by atoms with Crippen LogP contribution in [0.15, 0.2) is 36.4 Å². The van der Waals surface area contributed by atoms with Gasteiger partial charge in [-0.3, -0.25) is 9.59 Å². The zero-order valence-corrected chi connectivity index (χ0v) is 14.4. The molecule has 4 N–H and O–H groups in total. The molecule has 0 unspecified atom stereocenters. The molecule has 2 aromatic rings. The lowest BCUT2D eigenvalue weighted by atomic mass is 10.1. The number of hydrogen-bond donors (Lipinski definition) is 3. The highest BCUT2D eigenvalue weighted by molar-refractivity contribution is 7.12. The van der Waals surface area contributed by atoms with Crippen molar-refractivity contribution in [2.45, 2.75) is 19.3 Å². The molecule has 1 fully saturated rings. The average Bonchev–Trinajstić information content (AvgIpc) is 3.27. The van der Waals surface area contributed by atoms with E-state index < -0.39 is 0 Å². The van der Waals surface area contributed by atoms with Crippen LogP contribution in [0.2, 0.25) is 0 Å². The fourth-order valence-electron chi connectivity index (χ4n) is 2.75. The number of anilines is 1. The van der Waals surface area contributed by atoms with Gasteiger partial charge < -0.3 is 16.4 Å². The fraction of sp³-hybridized carbons (Fsp3) is 0.333. The number of carbonyl (C=O) groups excluding carboxylic acids is 2. The summed E-state index contributed by atoms with van der Waals surface area (Å²) in [4.78, 5) is 27.2. The number of para-hydroxylation sites is 1. The molecule has 1 aromatic heterocycles. The van der Waals surface area contributed by atoms with E-state index >= 15 is 0 Å². The van der Waals surface area contributed by atoms with Crippen molar-refractivity contribution < 1.29 is 9.59 Å². The van der Waals surface area contributed by atoms with Crippen molar-refractivity contribution in [2.75, 3.05) is 18.4 Å². The highest BCUT2D eigenvalue weighted by atomic mass is 32.1. The van der Waals surface area contributed by atoms with E-state index in [1.165, 1.54) is 9.75 Å². The van der Waals surface area contributed by atoms with E-state index in [2.05, 4.69) is 29.7 Å². The Morgan fingerprint density at radius 3 is 2.75 bits per heavy atom. The van der Waals surface area contributed by atoms with E-state index in [9.17, 15) is 9.59 Å². The number of carbonyl (C=O) groups is 2. The number of nitrogens with one attached hydrogen (secondary N) is 2. The first kappa shape index (κ1) is 16.7. The second kappa shape index (κ2) is 7.15. The molecule has 0 radical (unpaired) electrons. The van der Waals surface area contributed by atoms with Gasteiger partial charge in [0, 0.05) is 34.7 Å². The largest absolute Gasteiger partial charge is 0.351 e. The van der Waals surface area contributed by atoms with E-state index in [1.54, 1.807) is 29.5 Å². The molecule has 0 bridgehead atoms. The maximum Gasteiger partial charge on any atom is 0.253 e. The summed E-state index contributed by atoms with van der Waals surface area (Å²) < 4.78 is 0. The number of nitrogens with two attached hydrogens (primary N) is 1. The van der Waals surface area contributed by atoms with Gasteiger partial charge in [-0.05, 0) is 37.6 Å². The van der Waals surface area contributed by atoms with Crippen molar-refractivity contribution >= 4 is 28.8 Å². The molecule has 1 heterocycles. The molecule has 126 valence electrons. The third-order valence-electron chi connectivity index (χ3n) is 4.11. The number of aryl methyl sites for hydroxylation is 1. The van der Waals surface area contributed by atoms with E-state index in [4.69, 9.17) is 5.73 Å². The van der Waals surface area contributed by atoms with Crippen molar-refractivity contribution in [3.63, 3.8) is 0 Å². The zero-order chi connectivity index (χ0) is 17.1. The van der Waals surface area contributed by atoms with Crippen LogP contribution in [0.4, 0.5) is 5.69 Å². The van der Waals surface area contributed by atoms with Crippen molar-refractivity contribution in [1.29, 1.82) is 0 Å². The minimum atomic E-state index is -0.224. The summed E-state index contributed by atoms with van der Waals surface area (Å²) in [6.45, 7) is 2.86. The smallest absolute Gasteiger partial charge is 0.253 e. The normalized spacial score (nSPS) is 18.9. The molecule has 0 spiro atoms. The van der Waals surface area contributed by atoms with Crippen LogP contribution < -0.4 is 16.4 Å². The molecule has 0 saturated heterocycles. The van der Waals surface area contributed by atoms with E-state index in [0.717, 1.165) is 6.42 Å². The van der Waals surface area contributed by atoms with Gasteiger partial charge in [-0.25, -0.2) is 0 Å². The van der Waals surface area contributed by atoms with Crippen LogP contribution in [0.3, 0.4) is 0 Å². The Morgan fingerprint density at radius 2 is 2.04 bits per heavy atom. The van der Waals surface area contributed by atoms with Crippen LogP contribution in [0.25, 0.3) is 0 Å². The summed E-state index contributed by atoms with van der Waals surface area (Å²) in [6, 6.07) is 11.2. The van der Waals surface area contributed by atoms with Gasteiger partial charge in [-0.2, -0.15) is 0 Å². The Labute approximate surface area is 145 Å². The van der Waals surface area contributed by atoms with Gasteiger partial charge in [0.05, 0.1) is 11.3 Å². The quantitative estimate of drug-likeness (QED) is 0.753. The lowest BCUT2D eigenvalue weighted by molar-refractivity contribution is -0.117. The van der Waals surface area contributed by atoms with Crippen LogP contribution in [0, 0.1) is 12.8 Å². The number of amides is 2. The molecule has 24 heavy (non-hydrogen) atoms. The molecule has 3 rings (SSSR count). The minimum Gasteiger partial charge on any atom is -0.351 e. The van der Waals surface area contributed by atoms with Gasteiger partial charge in [-0.1, -0.05) is 12.1 Å². The van der Waals surface area contributed by atoms with Gasteiger partial charge in [0.2, 0.25) is 5.91 Å². The van der Waals surface area contributed by atoms with Gasteiger partial charge in [0.15, 0.2) is 0 Å². The summed E-state index contributed by atoms with van der Waals surface area (Å²) in [5.74, 6) is 0.0489. The van der Waals surface area contributed by atoms with Crippen molar-refractivity contribution in [2.24, 2.45) is 11.7 Å². The molecule has 1 aliphatic carbocycles. The monoisotopic (exact) mass is 343 g/mol. The number of thiophene rings is 1. The van der Waals surface area contributed by atoms with Crippen LogP contribution in [-0.4, -0.2) is 24.9 Å². The second-order valence-corrected chi connectivity index (χ2v) is 7.30. The Kier molecular flexibility index (Phi) is 4.97. The summed E-state index contributed by atoms with van der Waals surface area (Å²) in [6.07, 6.45) is 0.868. The third kappa shape index (κ3) is 3.66. The lowest BCUT2D eigenvalue weighted by Gasteiger charge is -2.11. The maximum absolute atomic E-state index is 12.5. The molecule has 5 nitrogen and oxygen atoms in total. The van der Waals surface area contributed by atoms with Gasteiger partial charge in [-0.15, -0.1) is 11.3 Å². The van der Waals surface area contributed by atoms with Crippen molar-refractivity contribution in [1.82, 2.24) is 5.32 Å². The Balaban J connectivity index is 1.66. The van der Waals surface area contributed by atoms with Gasteiger partial charge >= 0.3 is 0 Å². The van der Waals surface area contributed by atoms with Crippen LogP contribution in [-0.2, 0) is 4.79 Å². The minimum absolute atomic E-state index is 0.0109. The first-order valence-electron chi connectivity index (χ1n) is 8.04. The van der Waals surface area contributed by atoms with E-state index in [1.807, 2.05) is 6.07 Å². The van der Waals surface area contributed by atoms with Crippen LogP contribution in [0.1, 0.15) is 32.5 Å². The summed E-state index contributed by atoms with van der Waals surface area (Å²) in [5, 5.41) is 5.64.